The number of rotatable bonds is 7. The highest BCUT2D eigenvalue weighted by Crippen LogP contribution is 2.47. The van der Waals surface area contributed by atoms with Crippen LogP contribution in [0.1, 0.15) is 58.5 Å². The fourth-order valence-electron chi connectivity index (χ4n) is 6.02. The van der Waals surface area contributed by atoms with E-state index in [-0.39, 0.29) is 49.2 Å². The zero-order valence-electron chi connectivity index (χ0n) is 23.0. The van der Waals surface area contributed by atoms with Gasteiger partial charge in [-0.2, -0.15) is 13.2 Å². The first kappa shape index (κ1) is 27.8. The van der Waals surface area contributed by atoms with Crippen molar-refractivity contribution in [1.29, 1.82) is 0 Å². The summed E-state index contributed by atoms with van der Waals surface area (Å²) < 4.78 is 65.4. The Balaban J connectivity index is 1.30. The molecule has 1 N–H and O–H groups in total. The summed E-state index contributed by atoms with van der Waals surface area (Å²) in [6.45, 7) is 4.62. The van der Waals surface area contributed by atoms with E-state index in [9.17, 15) is 23.1 Å². The number of hydrogen-bond acceptors (Lipinski definition) is 6. The molecule has 3 aliphatic rings. The molecular formula is C29H31F4N5O3. The van der Waals surface area contributed by atoms with Crippen LogP contribution < -0.4 is 4.90 Å². The first-order chi connectivity index (χ1) is 19.3. The Morgan fingerprint density at radius 3 is 2.46 bits per heavy atom. The van der Waals surface area contributed by atoms with Gasteiger partial charge in [0.15, 0.2) is 12.0 Å². The zero-order valence-corrected chi connectivity index (χ0v) is 23.0. The normalized spacial score (nSPS) is 20.6. The van der Waals surface area contributed by atoms with Crippen LogP contribution in [0.5, 0.6) is 0 Å². The van der Waals surface area contributed by atoms with Gasteiger partial charge in [-0.05, 0) is 46.9 Å². The second-order valence-corrected chi connectivity index (χ2v) is 11.8. The Kier molecular flexibility index (Phi) is 6.51. The van der Waals surface area contributed by atoms with Crippen LogP contribution in [0.15, 0.2) is 42.7 Å². The molecule has 2 fully saturated rings. The second kappa shape index (κ2) is 9.60. The van der Waals surface area contributed by atoms with Gasteiger partial charge in [0, 0.05) is 37.9 Å². The quantitative estimate of drug-likeness (QED) is 0.428. The van der Waals surface area contributed by atoms with Crippen LogP contribution in [0, 0.1) is 5.92 Å². The highest BCUT2D eigenvalue weighted by molar-refractivity contribution is 6.10. The molecule has 1 aromatic heterocycles. The Morgan fingerprint density at radius 2 is 1.88 bits per heavy atom. The van der Waals surface area contributed by atoms with Crippen LogP contribution in [-0.4, -0.2) is 62.6 Å². The number of carbonyl (C=O) groups excluding carboxylic acids is 1. The molecule has 1 amide bonds. The Bertz CT molecular complexity index is 1490. The Hall–Kier alpha value is -3.35. The van der Waals surface area contributed by atoms with Gasteiger partial charge in [-0.25, -0.2) is 4.39 Å². The number of likely N-dealkylation sites (tertiary alicyclic amines) is 1. The van der Waals surface area contributed by atoms with Crippen LogP contribution in [0.25, 0.3) is 0 Å². The van der Waals surface area contributed by atoms with E-state index in [1.165, 1.54) is 21.9 Å². The van der Waals surface area contributed by atoms with E-state index in [1.807, 2.05) is 18.7 Å². The van der Waals surface area contributed by atoms with Crippen LogP contribution in [0.3, 0.4) is 0 Å². The summed E-state index contributed by atoms with van der Waals surface area (Å²) in [5.41, 5.74) is -1.55. The molecule has 6 rings (SSSR count). The molecule has 3 aliphatic heterocycles. The molecule has 1 atom stereocenters. The van der Waals surface area contributed by atoms with Crippen molar-refractivity contribution in [2.75, 3.05) is 31.2 Å². The van der Waals surface area contributed by atoms with Gasteiger partial charge in [0.05, 0.1) is 36.3 Å². The number of carbonyl (C=O) groups is 1. The lowest BCUT2D eigenvalue weighted by Gasteiger charge is -2.49. The number of amides is 1. The summed E-state index contributed by atoms with van der Waals surface area (Å²) >= 11 is 0. The van der Waals surface area contributed by atoms with Crippen LogP contribution in [0.4, 0.5) is 23.2 Å². The van der Waals surface area contributed by atoms with Crippen molar-refractivity contribution < 1.29 is 32.2 Å². The van der Waals surface area contributed by atoms with Crippen molar-refractivity contribution >= 4 is 11.6 Å². The van der Waals surface area contributed by atoms with E-state index in [0.717, 1.165) is 6.07 Å². The van der Waals surface area contributed by atoms with Gasteiger partial charge in [-0.1, -0.05) is 26.0 Å². The van der Waals surface area contributed by atoms with E-state index in [1.54, 1.807) is 31.3 Å². The average molecular weight is 574 g/mol. The molecule has 218 valence electrons. The molecule has 2 aromatic carbocycles. The van der Waals surface area contributed by atoms with E-state index >= 15 is 4.39 Å². The van der Waals surface area contributed by atoms with Gasteiger partial charge < -0.3 is 19.3 Å². The maximum atomic E-state index is 15.8. The smallest absolute Gasteiger partial charge is 0.387 e. The molecule has 0 unspecified atom stereocenters. The van der Waals surface area contributed by atoms with Crippen molar-refractivity contribution in [2.24, 2.45) is 13.0 Å². The highest BCUT2D eigenvalue weighted by Gasteiger charge is 2.51. The number of halogens is 4. The number of fused-ring (bicyclic) bond motifs is 1. The number of ether oxygens (including phenoxy) is 1. The molecular weight excluding hydrogens is 542 g/mol. The molecule has 0 aliphatic carbocycles. The van der Waals surface area contributed by atoms with Crippen LogP contribution in [0.2, 0.25) is 0 Å². The molecule has 2 saturated heterocycles. The molecule has 12 heteroatoms. The average Bonchev–Trinajstić information content (AvgIpc) is 3.44. The fraction of sp³-hybridized carbons (Fsp3) is 0.483. The van der Waals surface area contributed by atoms with Crippen molar-refractivity contribution in [3.63, 3.8) is 0 Å². The van der Waals surface area contributed by atoms with Gasteiger partial charge in [0.2, 0.25) is 0 Å². The summed E-state index contributed by atoms with van der Waals surface area (Å²) in [7, 11) is 1.64. The summed E-state index contributed by atoms with van der Waals surface area (Å²) in [4.78, 5) is 16.8. The van der Waals surface area contributed by atoms with Gasteiger partial charge >= 0.3 is 6.18 Å². The summed E-state index contributed by atoms with van der Waals surface area (Å²) in [5, 5.41) is 18.2. The number of anilines is 1. The van der Waals surface area contributed by atoms with Gasteiger partial charge in [-0.3, -0.25) is 9.69 Å². The van der Waals surface area contributed by atoms with Gasteiger partial charge in [0.1, 0.15) is 6.33 Å². The Labute approximate surface area is 234 Å². The molecule has 0 radical (unpaired) electrons. The number of nitrogens with zero attached hydrogens (tertiary/aromatic N) is 5. The van der Waals surface area contributed by atoms with Crippen molar-refractivity contribution in [2.45, 2.75) is 50.3 Å². The van der Waals surface area contributed by atoms with Crippen molar-refractivity contribution in [3.05, 3.63) is 76.4 Å². The molecule has 0 bridgehead atoms. The number of aromatic nitrogens is 3. The molecule has 3 aromatic rings. The van der Waals surface area contributed by atoms with Crippen LogP contribution >= 0.6 is 0 Å². The SMILES string of the molecule is CC(C)C1(O)CN(Cc2cc3c(c(C(F)(F)F)c2)CN(c2cccc(C4([C@@H](F)c5nncn5C)COC4)c2)C3=O)C1. The summed E-state index contributed by atoms with van der Waals surface area (Å²) in [5.74, 6) is -0.385. The Morgan fingerprint density at radius 1 is 1.15 bits per heavy atom. The number of benzene rings is 2. The number of β-amino-alcohol motifs (C(OH)–C–C–N with tert-alkyl or cyclic N) is 1. The second-order valence-electron chi connectivity index (χ2n) is 11.8. The molecule has 8 nitrogen and oxygen atoms in total. The molecule has 0 saturated carbocycles. The lowest BCUT2D eigenvalue weighted by molar-refractivity contribution is -0.138. The standard InChI is InChI=1S/C29H31F4N5O3/c1-17(2)28(40)12-37(13-28)10-18-7-21-22(23(8-18)29(31,32)33)11-38(26(21)39)20-6-4-5-19(9-20)27(14-41-15-27)24(30)25-35-34-16-36(25)3/h4-9,16-17,24,40H,10-15H2,1-3H3/t24-/m0/s1. The third-order valence-electron chi connectivity index (χ3n) is 8.79. The summed E-state index contributed by atoms with van der Waals surface area (Å²) in [6.07, 6.45) is -4.79. The number of aliphatic hydroxyl groups is 1. The first-order valence-electron chi connectivity index (χ1n) is 13.5. The largest absolute Gasteiger partial charge is 0.416 e. The summed E-state index contributed by atoms with van der Waals surface area (Å²) in [6, 6.07) is 9.31. The lowest BCUT2D eigenvalue weighted by Crippen LogP contribution is -2.63. The number of hydrogen-bond donors (Lipinski definition) is 1. The molecule has 41 heavy (non-hydrogen) atoms. The predicted molar refractivity (Wildman–Crippen MR) is 141 cm³/mol. The minimum Gasteiger partial charge on any atom is -0.387 e. The van der Waals surface area contributed by atoms with E-state index in [0.29, 0.717) is 29.9 Å². The zero-order chi connectivity index (χ0) is 29.3. The minimum absolute atomic E-state index is 0.00372. The van der Waals surface area contributed by atoms with Gasteiger partial charge in [-0.15, -0.1) is 10.2 Å². The molecule has 0 spiro atoms. The van der Waals surface area contributed by atoms with Crippen molar-refractivity contribution in [3.8, 4) is 0 Å². The third kappa shape index (κ3) is 4.52. The number of aryl methyl sites for hydroxylation is 1. The van der Waals surface area contributed by atoms with E-state index < -0.39 is 34.8 Å². The van der Waals surface area contributed by atoms with Crippen molar-refractivity contribution in [1.82, 2.24) is 19.7 Å². The topological polar surface area (TPSA) is 83.7 Å². The maximum absolute atomic E-state index is 15.8. The fourth-order valence-corrected chi connectivity index (χ4v) is 6.02. The first-order valence-corrected chi connectivity index (χ1v) is 13.5. The van der Waals surface area contributed by atoms with Gasteiger partial charge in [0.25, 0.3) is 5.91 Å². The maximum Gasteiger partial charge on any atom is 0.416 e. The lowest BCUT2D eigenvalue weighted by atomic mass is 9.74. The predicted octanol–water partition coefficient (Wildman–Crippen LogP) is 4.18. The number of alkyl halides is 4. The van der Waals surface area contributed by atoms with E-state index in [4.69, 9.17) is 4.74 Å². The monoisotopic (exact) mass is 573 g/mol. The third-order valence-corrected chi connectivity index (χ3v) is 8.79. The van der Waals surface area contributed by atoms with Crippen LogP contribution in [-0.2, 0) is 36.5 Å². The highest BCUT2D eigenvalue weighted by atomic mass is 19.4. The minimum atomic E-state index is -4.66. The van der Waals surface area contributed by atoms with E-state index in [2.05, 4.69) is 10.2 Å². The molecule has 4 heterocycles.